The van der Waals surface area contributed by atoms with E-state index in [1.807, 2.05) is 0 Å². The van der Waals surface area contributed by atoms with Crippen molar-refractivity contribution in [1.29, 1.82) is 0 Å². The van der Waals surface area contributed by atoms with Gasteiger partial charge in [0, 0.05) is 0 Å². The highest BCUT2D eigenvalue weighted by Crippen LogP contribution is 2.99. The van der Waals surface area contributed by atoms with Gasteiger partial charge in [0.1, 0.15) is 0 Å². The second-order valence-corrected chi connectivity index (χ2v) is 49.5. The molecule has 4 unspecified atom stereocenters. The second-order valence-electron chi connectivity index (χ2n) is 12.4. The van der Waals surface area contributed by atoms with Crippen LogP contribution < -0.4 is 0 Å². The van der Waals surface area contributed by atoms with Crippen LogP contribution in [0.5, 0.6) is 0 Å². The fraction of sp³-hybridized carbons (Fsp3) is 1.00. The van der Waals surface area contributed by atoms with Crippen LogP contribution >= 0.6 is 122 Å². The van der Waals surface area contributed by atoms with E-state index in [-0.39, 0.29) is 0 Å². The van der Waals surface area contributed by atoms with Crippen molar-refractivity contribution in [2.24, 2.45) is 0 Å². The molecule has 28 N–H and O–H groups in total. The minimum absolute atomic E-state index is 2.46. The molecule has 0 aromatic carbocycles. The van der Waals surface area contributed by atoms with Gasteiger partial charge in [-0.05, 0) is 10.5 Å². The number of hydroxylamine groups is 4. The summed E-state index contributed by atoms with van der Waals surface area (Å²) >= 11 is 0. The first kappa shape index (κ1) is 74.3. The molecule has 0 amide bonds. The second kappa shape index (κ2) is 21.3. The van der Waals surface area contributed by atoms with Crippen molar-refractivity contribution < 1.29 is 229 Å². The van der Waals surface area contributed by atoms with Crippen molar-refractivity contribution in [2.75, 3.05) is 13.1 Å². The van der Waals surface area contributed by atoms with Crippen molar-refractivity contribution in [3.8, 4) is 0 Å². The molecule has 66 heteroatoms. The maximum atomic E-state index is 13.5. The Hall–Kier alpha value is 2.32. The van der Waals surface area contributed by atoms with Crippen LogP contribution in [-0.2, 0) is 91.5 Å². The molecule has 0 radical (unpaired) electrons. The topological polar surface area (TPSA) is 883 Å². The van der Waals surface area contributed by atoms with E-state index in [9.17, 15) is 210 Å². The maximum Gasteiger partial charge on any atom is 0.389 e. The molecule has 0 saturated heterocycles. The van der Waals surface area contributed by atoms with Gasteiger partial charge in [0.25, 0.3) is 0 Å². The van der Waals surface area contributed by atoms with Crippen molar-refractivity contribution >= 4 is 122 Å². The first-order valence-electron chi connectivity index (χ1n) is 14.7. The van der Waals surface area contributed by atoms with E-state index in [0.717, 1.165) is 0 Å². The van der Waals surface area contributed by atoms with Crippen molar-refractivity contribution in [2.45, 2.75) is 17.5 Å². The number of nitrogens with zero attached hydrogens (tertiary/aromatic N) is 2. The average Bonchev–Trinajstić information content (AvgIpc) is 2.88. The normalized spacial score (nSPS) is 19.4. The number of rotatable bonds is 27. The van der Waals surface area contributed by atoms with Crippen LogP contribution in [0, 0.1) is 0 Å². The Kier molecular flexibility index (Phi) is 21.9. The molecule has 0 aliphatic heterocycles. The highest BCUT2D eigenvalue weighted by molar-refractivity contribution is 8.06. The predicted octanol–water partition coefficient (Wildman–Crippen LogP) is -5.36. The van der Waals surface area contributed by atoms with Crippen molar-refractivity contribution in [3.63, 3.8) is 0 Å². The quantitative estimate of drug-likeness (QED) is 0.0270. The summed E-state index contributed by atoms with van der Waals surface area (Å²) in [4.78, 5) is 273. The molecule has 0 aromatic rings. The van der Waals surface area contributed by atoms with Gasteiger partial charge in [-0.15, -0.1) is 0 Å². The molecule has 72 heavy (non-hydrogen) atoms. The molecule has 50 nitrogen and oxygen atoms in total. The van der Waals surface area contributed by atoms with Crippen LogP contribution in [0.25, 0.3) is 0 Å². The first-order valence-corrected chi connectivity index (χ1v) is 40.4. The summed E-state index contributed by atoms with van der Waals surface area (Å²) in [5, 5.41) is -4.91. The number of hydrogen-bond acceptors (Lipinski definition) is 22. The van der Waals surface area contributed by atoms with E-state index in [1.54, 1.807) is 0 Å². The van der Waals surface area contributed by atoms with Gasteiger partial charge in [-0.3, -0.25) is 73.0 Å². The molecule has 434 valence electrons. The number of hydrogen-bond donors (Lipinski definition) is 28. The van der Waals surface area contributed by atoms with E-state index in [2.05, 4.69) is 18.5 Å². The Labute approximate surface area is 390 Å². The lowest BCUT2D eigenvalue weighted by atomic mass is 10.7. The molecule has 0 bridgehead atoms. The Balaban J connectivity index is 9.64. The van der Waals surface area contributed by atoms with Gasteiger partial charge in [-0.25, -0.2) is 0 Å². The third-order valence-electron chi connectivity index (χ3n) is 7.48. The van der Waals surface area contributed by atoms with Crippen LogP contribution in [0.3, 0.4) is 0 Å². The third kappa shape index (κ3) is 12.5. The van der Waals surface area contributed by atoms with Gasteiger partial charge in [0.05, 0.1) is 13.1 Å². The summed E-state index contributed by atoms with van der Waals surface area (Å²) in [6, 6.07) is 0. The van der Waals surface area contributed by atoms with Gasteiger partial charge >= 0.3 is 139 Å². The fourth-order valence-electron chi connectivity index (χ4n) is 5.08. The van der Waals surface area contributed by atoms with E-state index in [4.69, 9.17) is 0 Å². The summed E-state index contributed by atoms with van der Waals surface area (Å²) in [5.74, 6) is 0. The zero-order valence-electron chi connectivity index (χ0n) is 32.2. The van der Waals surface area contributed by atoms with Crippen LogP contribution in [0.15, 0.2) is 0 Å². The van der Waals surface area contributed by atoms with Crippen LogP contribution in [0.1, 0.15) is 0 Å². The van der Waals surface area contributed by atoms with E-state index in [1.165, 1.54) is 0 Å². The Bertz CT molecular complexity index is 2300. The molecule has 0 aromatic heterocycles. The molecule has 0 rings (SSSR count). The summed E-state index contributed by atoms with van der Waals surface area (Å²) in [7, 11) is -132. The van der Waals surface area contributed by atoms with Crippen LogP contribution in [0.2, 0.25) is 0 Å². The molecule has 0 heterocycles. The summed E-state index contributed by atoms with van der Waals surface area (Å²) < 4.78 is 189. The summed E-state index contributed by atoms with van der Waals surface area (Å²) in [6.07, 6.45) is 0. The van der Waals surface area contributed by atoms with Crippen molar-refractivity contribution in [1.82, 2.24) is 10.5 Å². The average molecular weight is 1400 g/mol. The van der Waals surface area contributed by atoms with Crippen LogP contribution in [-0.4, -0.2) is 178 Å². The van der Waals surface area contributed by atoms with Gasteiger partial charge in [-0.2, -0.15) is 18.5 Å². The van der Waals surface area contributed by atoms with Gasteiger partial charge in [0.2, 0.25) is 0 Å². The van der Waals surface area contributed by atoms with Gasteiger partial charge in [0.15, 0.2) is 0 Å². The highest BCUT2D eigenvalue weighted by Gasteiger charge is 2.88. The Morgan fingerprint density at radius 3 is 0.361 bits per heavy atom. The first-order chi connectivity index (χ1) is 30.4. The van der Waals surface area contributed by atoms with Crippen molar-refractivity contribution in [3.05, 3.63) is 0 Å². The zero-order valence-corrected chi connectivity index (χ0v) is 46.5. The Morgan fingerprint density at radius 1 is 0.208 bits per heavy atom. The summed E-state index contributed by atoms with van der Waals surface area (Å²) in [6.45, 7) is -6.98. The minimum Gasteiger partial charge on any atom is -0.323 e. The molecule has 0 spiro atoms. The fourth-order valence-corrected chi connectivity index (χ4v) is 40.5. The lowest BCUT2D eigenvalue weighted by Crippen LogP contribution is -2.41. The van der Waals surface area contributed by atoms with Gasteiger partial charge in [-0.1, -0.05) is 0 Å². The molecular weight excluding hydrogens is 1360 g/mol. The van der Waals surface area contributed by atoms with Gasteiger partial charge < -0.3 is 137 Å². The van der Waals surface area contributed by atoms with E-state index in [0.29, 0.717) is 0 Å². The third-order valence-corrected chi connectivity index (χ3v) is 58.7. The monoisotopic (exact) mass is 1400 g/mol. The predicted molar refractivity (Wildman–Crippen MR) is 213 cm³/mol. The lowest BCUT2D eigenvalue weighted by Gasteiger charge is -2.41. The smallest absolute Gasteiger partial charge is 0.323 e. The SMILES string of the molecule is O=P(O)(O)C(P(=O)(O)O)(P(=O)(O)O)P(=O)(O)ON(CCN(OP(=O)(O)C(P(=O)(O)O)(P(=O)(O)O)P(=O)(O)O)OP(=O)(O)C(P(=O)(O)O)(P(=O)(O)O)P(=O)(O)O)OP(=O)(O)C(P(=O)(O)O)(P(=O)(O)O)P(=O)(O)O. The summed E-state index contributed by atoms with van der Waals surface area (Å²) in [5.41, 5.74) is 0. The Morgan fingerprint density at radius 2 is 0.292 bits per heavy atom. The molecular formula is C6H32N2O48P16. The minimum atomic E-state index is -8.67. The molecule has 4 atom stereocenters. The molecule has 0 fully saturated rings. The highest BCUT2D eigenvalue weighted by atomic mass is 31.4. The van der Waals surface area contributed by atoms with E-state index < -0.39 is 163 Å². The molecule has 0 aliphatic carbocycles. The van der Waals surface area contributed by atoms with E-state index >= 15 is 0 Å². The zero-order chi connectivity index (χ0) is 59.4. The largest absolute Gasteiger partial charge is 0.389 e. The molecule has 0 aliphatic rings. The lowest BCUT2D eigenvalue weighted by molar-refractivity contribution is -0.304. The van der Waals surface area contributed by atoms with Crippen LogP contribution in [0.4, 0.5) is 0 Å². The molecule has 0 saturated carbocycles. The standard InChI is InChI=1S/C6H32N2O48P16/c9-57(10,11)3(58(12,13)14,59(15,16)17)69(45,46)53-7(54-70(47,48)4(60(18,19)20,61(21,22)23)62(24,25)26)1-2-8(55-71(49,50)5(63(27,28)29,64(30,31)32)65(33,34)35)56-72(51,52)6(66(36,37)38,67(39,40)41)68(42,43)44/h1-2H2,(H,45,46)(H,47,48)(H,49,50)(H,51,52)(H2,9,10,11)(H2,12,13,14)(H2,15,16,17)(H2,18,19,20)(H2,21,22,23)(H2,24,25,26)(H2,27,28,29)(H2,30,31,32)(H2,33,34,35)(H2,36,37,38)(H2,39,40,41)(H2,42,43,44). The maximum absolute atomic E-state index is 13.5.